The fraction of sp³-hybridized carbons (Fsp3) is 0.348. The van der Waals surface area contributed by atoms with Crippen LogP contribution in [-0.2, 0) is 4.79 Å². The fourth-order valence-electron chi connectivity index (χ4n) is 4.25. The summed E-state index contributed by atoms with van der Waals surface area (Å²) in [5.74, 6) is -0.139. The van der Waals surface area contributed by atoms with Gasteiger partial charge in [-0.25, -0.2) is 0 Å². The highest BCUT2D eigenvalue weighted by Gasteiger charge is 2.27. The zero-order chi connectivity index (χ0) is 22.0. The van der Waals surface area contributed by atoms with E-state index in [1.165, 1.54) is 6.07 Å². The molecular weight excluding hydrogens is 416 g/mol. The molecule has 4 rings (SSSR count). The van der Waals surface area contributed by atoms with Gasteiger partial charge in [-0.15, -0.1) is 0 Å². The van der Waals surface area contributed by atoms with Gasteiger partial charge in [0.15, 0.2) is 0 Å². The first-order chi connectivity index (χ1) is 15.0. The molecule has 2 aromatic carbocycles. The van der Waals surface area contributed by atoms with Crippen molar-refractivity contribution in [2.75, 3.05) is 32.7 Å². The summed E-state index contributed by atoms with van der Waals surface area (Å²) in [7, 11) is 0. The zero-order valence-electron chi connectivity index (χ0n) is 17.4. The number of halogens is 1. The standard InChI is InChI=1S/C23H25ClN4O3/c1-2-26-9-11-27(12-10-26)23(29)14-19(16-3-5-17(24)6-4-16)21-15-25-22-8-7-18(28(30)31)13-20(21)22/h3-8,13,15,19,25H,2,9-12,14H2,1H3/t19-/m0/s1. The van der Waals surface area contributed by atoms with Crippen LogP contribution in [0.5, 0.6) is 0 Å². The molecule has 1 amide bonds. The summed E-state index contributed by atoms with van der Waals surface area (Å²) >= 11 is 6.09. The van der Waals surface area contributed by atoms with Crippen LogP contribution in [0.4, 0.5) is 5.69 Å². The van der Waals surface area contributed by atoms with Gasteiger partial charge in [-0.2, -0.15) is 0 Å². The monoisotopic (exact) mass is 440 g/mol. The molecule has 0 bridgehead atoms. The predicted molar refractivity (Wildman–Crippen MR) is 122 cm³/mol. The van der Waals surface area contributed by atoms with Crippen molar-refractivity contribution in [3.63, 3.8) is 0 Å². The van der Waals surface area contributed by atoms with E-state index in [9.17, 15) is 14.9 Å². The third-order valence-corrected chi connectivity index (χ3v) is 6.36. The number of H-pyrrole nitrogens is 1. The summed E-state index contributed by atoms with van der Waals surface area (Å²) in [4.78, 5) is 31.6. The second kappa shape index (κ2) is 9.08. The summed E-state index contributed by atoms with van der Waals surface area (Å²) in [5, 5.41) is 12.7. The predicted octanol–water partition coefficient (Wildman–Crippen LogP) is 4.42. The van der Waals surface area contributed by atoms with Gasteiger partial charge in [0, 0.05) is 72.8 Å². The van der Waals surface area contributed by atoms with Gasteiger partial charge in [0.25, 0.3) is 5.69 Å². The molecule has 3 aromatic rings. The number of hydrogen-bond donors (Lipinski definition) is 1. The molecule has 1 N–H and O–H groups in total. The van der Waals surface area contributed by atoms with Crippen molar-refractivity contribution in [2.45, 2.75) is 19.3 Å². The molecule has 0 spiro atoms. The van der Waals surface area contributed by atoms with Gasteiger partial charge in [0.2, 0.25) is 5.91 Å². The highest BCUT2D eigenvalue weighted by Crippen LogP contribution is 2.36. The largest absolute Gasteiger partial charge is 0.361 e. The van der Waals surface area contributed by atoms with Gasteiger partial charge < -0.3 is 14.8 Å². The van der Waals surface area contributed by atoms with Gasteiger partial charge in [-0.1, -0.05) is 30.7 Å². The van der Waals surface area contributed by atoms with Crippen molar-refractivity contribution < 1.29 is 9.72 Å². The number of amides is 1. The second-order valence-corrected chi connectivity index (χ2v) is 8.29. The maximum absolute atomic E-state index is 13.2. The molecule has 7 nitrogen and oxygen atoms in total. The van der Waals surface area contributed by atoms with E-state index in [-0.39, 0.29) is 17.5 Å². The lowest BCUT2D eigenvalue weighted by Crippen LogP contribution is -2.48. The number of fused-ring (bicyclic) bond motifs is 1. The number of nitrogens with one attached hydrogen (secondary N) is 1. The number of benzene rings is 2. The molecule has 1 fully saturated rings. The zero-order valence-corrected chi connectivity index (χ0v) is 18.1. The van der Waals surface area contributed by atoms with Crippen LogP contribution in [0.2, 0.25) is 5.02 Å². The maximum Gasteiger partial charge on any atom is 0.270 e. The van der Waals surface area contributed by atoms with Crippen molar-refractivity contribution in [3.8, 4) is 0 Å². The van der Waals surface area contributed by atoms with Crippen molar-refractivity contribution in [2.24, 2.45) is 0 Å². The molecule has 0 radical (unpaired) electrons. The van der Waals surface area contributed by atoms with Gasteiger partial charge in [-0.3, -0.25) is 14.9 Å². The number of carbonyl (C=O) groups excluding carboxylic acids is 1. The van der Waals surface area contributed by atoms with E-state index in [2.05, 4.69) is 16.8 Å². The molecule has 1 atom stereocenters. The third-order valence-electron chi connectivity index (χ3n) is 6.11. The number of nitro groups is 1. The molecule has 0 unspecified atom stereocenters. The molecule has 1 aromatic heterocycles. The minimum atomic E-state index is -0.397. The molecule has 31 heavy (non-hydrogen) atoms. The van der Waals surface area contributed by atoms with Crippen LogP contribution in [0.25, 0.3) is 10.9 Å². The average Bonchev–Trinajstić information content (AvgIpc) is 3.21. The number of aromatic amines is 1. The van der Waals surface area contributed by atoms with Crippen molar-refractivity contribution in [1.82, 2.24) is 14.8 Å². The van der Waals surface area contributed by atoms with Crippen molar-refractivity contribution in [3.05, 3.63) is 74.9 Å². The van der Waals surface area contributed by atoms with Crippen LogP contribution >= 0.6 is 11.6 Å². The van der Waals surface area contributed by atoms with E-state index in [4.69, 9.17) is 11.6 Å². The Labute approximate surface area is 185 Å². The molecule has 2 heterocycles. The van der Waals surface area contributed by atoms with E-state index in [0.29, 0.717) is 11.4 Å². The quantitative estimate of drug-likeness (QED) is 0.454. The first-order valence-electron chi connectivity index (χ1n) is 10.5. The van der Waals surface area contributed by atoms with Crippen molar-refractivity contribution >= 4 is 34.1 Å². The first kappa shape index (κ1) is 21.3. The van der Waals surface area contributed by atoms with Crippen LogP contribution in [0, 0.1) is 10.1 Å². The summed E-state index contributed by atoms with van der Waals surface area (Å²) in [5.41, 5.74) is 2.67. The van der Waals surface area contributed by atoms with Gasteiger partial charge >= 0.3 is 0 Å². The number of aromatic nitrogens is 1. The van der Waals surface area contributed by atoms with Gasteiger partial charge in [-0.05, 0) is 35.9 Å². The number of nitrogens with zero attached hydrogens (tertiary/aromatic N) is 3. The molecule has 8 heteroatoms. The Bertz CT molecular complexity index is 1090. The maximum atomic E-state index is 13.2. The van der Waals surface area contributed by atoms with Crippen molar-refractivity contribution in [1.29, 1.82) is 0 Å². The second-order valence-electron chi connectivity index (χ2n) is 7.85. The number of rotatable bonds is 6. The van der Waals surface area contributed by atoms with Crippen LogP contribution < -0.4 is 0 Å². The van der Waals surface area contributed by atoms with Gasteiger partial charge in [0.05, 0.1) is 4.92 Å². The van der Waals surface area contributed by atoms with E-state index in [1.807, 2.05) is 35.4 Å². The molecule has 0 aliphatic carbocycles. The van der Waals surface area contributed by atoms with Crippen LogP contribution in [0.15, 0.2) is 48.7 Å². The number of hydrogen-bond acceptors (Lipinski definition) is 4. The SMILES string of the molecule is CCN1CCN(C(=O)C[C@@H](c2ccc(Cl)cc2)c2c[nH]c3ccc([N+](=O)[O-])cc23)CC1. The number of carbonyl (C=O) groups is 1. The lowest BCUT2D eigenvalue weighted by molar-refractivity contribution is -0.384. The van der Waals surface area contributed by atoms with E-state index in [1.54, 1.807) is 12.1 Å². The number of likely N-dealkylation sites (N-methyl/N-ethyl adjacent to an activating group) is 1. The summed E-state index contributed by atoms with van der Waals surface area (Å²) in [6.07, 6.45) is 2.15. The van der Waals surface area contributed by atoms with E-state index in [0.717, 1.165) is 54.8 Å². The van der Waals surface area contributed by atoms with Crippen LogP contribution in [-0.4, -0.2) is 58.3 Å². The van der Waals surface area contributed by atoms with E-state index >= 15 is 0 Å². The highest BCUT2D eigenvalue weighted by atomic mass is 35.5. The van der Waals surface area contributed by atoms with Crippen LogP contribution in [0.1, 0.15) is 30.4 Å². The first-order valence-corrected chi connectivity index (χ1v) is 10.8. The minimum Gasteiger partial charge on any atom is -0.361 e. The number of nitro benzene ring substituents is 1. The smallest absolute Gasteiger partial charge is 0.270 e. The lowest BCUT2D eigenvalue weighted by Gasteiger charge is -2.34. The van der Waals surface area contributed by atoms with Crippen LogP contribution in [0.3, 0.4) is 0 Å². The Morgan fingerprint density at radius 1 is 1.16 bits per heavy atom. The molecule has 162 valence electrons. The lowest BCUT2D eigenvalue weighted by atomic mass is 9.87. The number of piperazine rings is 1. The van der Waals surface area contributed by atoms with Gasteiger partial charge in [0.1, 0.15) is 0 Å². The summed E-state index contributed by atoms with van der Waals surface area (Å²) < 4.78 is 0. The molecule has 1 aliphatic rings. The summed E-state index contributed by atoms with van der Waals surface area (Å²) in [6, 6.07) is 12.2. The third kappa shape index (κ3) is 4.57. The Balaban J connectivity index is 1.68. The van der Waals surface area contributed by atoms with E-state index < -0.39 is 4.92 Å². The highest BCUT2D eigenvalue weighted by molar-refractivity contribution is 6.30. The molecule has 0 saturated carbocycles. The Morgan fingerprint density at radius 3 is 2.52 bits per heavy atom. The fourth-order valence-corrected chi connectivity index (χ4v) is 4.38. The Hall–Kier alpha value is -2.90. The Morgan fingerprint density at radius 2 is 1.87 bits per heavy atom. The number of non-ortho nitro benzene ring substituents is 1. The molecule has 1 aliphatic heterocycles. The Kier molecular flexibility index (Phi) is 6.25. The normalized spacial score (nSPS) is 15.9. The average molecular weight is 441 g/mol. The topological polar surface area (TPSA) is 82.5 Å². The molecule has 1 saturated heterocycles. The summed E-state index contributed by atoms with van der Waals surface area (Å²) in [6.45, 7) is 6.33. The molecular formula is C23H25ClN4O3. The minimum absolute atomic E-state index is 0.0326.